The van der Waals surface area contributed by atoms with Crippen LogP contribution in [0, 0.1) is 0 Å². The Labute approximate surface area is 240 Å². The summed E-state index contributed by atoms with van der Waals surface area (Å²) in [5, 5.41) is 4.48. The maximum Gasteiger partial charge on any atom is 0.345 e. The van der Waals surface area contributed by atoms with Crippen molar-refractivity contribution in [2.45, 2.75) is 4.90 Å². The molecule has 0 heterocycles. The largest absolute Gasteiger partial charge is 0.493 e. The number of hydrazone groups is 1. The third kappa shape index (κ3) is 7.17. The average molecular weight is 598 g/mol. The van der Waals surface area contributed by atoms with Gasteiger partial charge in [-0.1, -0.05) is 41.4 Å². The number of nitrogens with zero attached hydrogens (tertiary/aromatic N) is 1. The number of esters is 1. The van der Waals surface area contributed by atoms with Gasteiger partial charge in [0, 0.05) is 16.3 Å². The number of halogens is 2. The number of nitrogens with one attached hydrogen (secondary N) is 2. The van der Waals surface area contributed by atoms with E-state index < -0.39 is 21.9 Å². The Morgan fingerprint density at radius 1 is 0.875 bits per heavy atom. The number of methoxy groups -OCH3 is 1. The fourth-order valence-electron chi connectivity index (χ4n) is 3.39. The van der Waals surface area contributed by atoms with Crippen LogP contribution in [-0.2, 0) is 10.0 Å². The predicted molar refractivity (Wildman–Crippen MR) is 153 cm³/mol. The summed E-state index contributed by atoms with van der Waals surface area (Å²) < 4.78 is 38.1. The molecule has 0 fully saturated rings. The van der Waals surface area contributed by atoms with Gasteiger partial charge in [0.05, 0.1) is 28.8 Å². The lowest BCUT2D eigenvalue weighted by Crippen LogP contribution is -2.18. The van der Waals surface area contributed by atoms with E-state index in [1.165, 1.54) is 74.0 Å². The predicted octanol–water partition coefficient (Wildman–Crippen LogP) is 5.79. The van der Waals surface area contributed by atoms with Gasteiger partial charge in [-0.25, -0.2) is 18.6 Å². The molecule has 4 aromatic rings. The molecule has 9 nitrogen and oxygen atoms in total. The van der Waals surface area contributed by atoms with Crippen LogP contribution in [0.4, 0.5) is 5.69 Å². The first-order valence-corrected chi connectivity index (χ1v) is 13.8. The van der Waals surface area contributed by atoms with E-state index >= 15 is 0 Å². The first kappa shape index (κ1) is 28.6. The quantitative estimate of drug-likeness (QED) is 0.109. The molecule has 0 atom stereocenters. The molecule has 0 aliphatic carbocycles. The molecular weight excluding hydrogens is 577 g/mol. The number of ether oxygens (including phenoxy) is 2. The molecule has 0 saturated carbocycles. The van der Waals surface area contributed by atoms with Crippen molar-refractivity contribution in [1.29, 1.82) is 0 Å². The van der Waals surface area contributed by atoms with E-state index in [0.29, 0.717) is 16.3 Å². The number of hydrogen-bond donors (Lipinski definition) is 2. The normalized spacial score (nSPS) is 11.2. The van der Waals surface area contributed by atoms with E-state index in [9.17, 15) is 18.0 Å². The first-order chi connectivity index (χ1) is 19.2. The number of rotatable bonds is 9. The summed E-state index contributed by atoms with van der Waals surface area (Å²) in [6, 6.07) is 22.9. The molecule has 40 heavy (non-hydrogen) atoms. The van der Waals surface area contributed by atoms with Gasteiger partial charge in [0.15, 0.2) is 11.5 Å². The molecule has 4 aromatic carbocycles. The highest BCUT2D eigenvalue weighted by Crippen LogP contribution is 2.30. The van der Waals surface area contributed by atoms with Crippen LogP contribution in [0.3, 0.4) is 0 Å². The second kappa shape index (κ2) is 12.6. The van der Waals surface area contributed by atoms with Crippen LogP contribution in [-0.4, -0.2) is 33.6 Å². The highest BCUT2D eigenvalue weighted by atomic mass is 35.5. The summed E-state index contributed by atoms with van der Waals surface area (Å²) in [7, 11) is -2.34. The number of hydrogen-bond acceptors (Lipinski definition) is 7. The van der Waals surface area contributed by atoms with Crippen molar-refractivity contribution in [3.8, 4) is 11.5 Å². The fraction of sp³-hybridized carbons (Fsp3) is 0.0357. The number of carbonyl (C=O) groups is 2. The van der Waals surface area contributed by atoms with Gasteiger partial charge in [-0.15, -0.1) is 0 Å². The lowest BCUT2D eigenvalue weighted by molar-refractivity contribution is 0.0729. The van der Waals surface area contributed by atoms with Gasteiger partial charge in [0.25, 0.3) is 15.9 Å². The number of carbonyl (C=O) groups excluding carboxylic acids is 2. The summed E-state index contributed by atoms with van der Waals surface area (Å²) in [4.78, 5) is 25.1. The molecule has 0 bridgehead atoms. The molecule has 1 amide bonds. The molecule has 0 unspecified atom stereocenters. The van der Waals surface area contributed by atoms with E-state index in [1.807, 2.05) is 0 Å². The Morgan fingerprint density at radius 2 is 1.60 bits per heavy atom. The molecule has 2 N–H and O–H groups in total. The van der Waals surface area contributed by atoms with Gasteiger partial charge in [-0.05, 0) is 78.4 Å². The van der Waals surface area contributed by atoms with Gasteiger partial charge in [-0.2, -0.15) is 5.10 Å². The summed E-state index contributed by atoms with van der Waals surface area (Å²) in [6.07, 6.45) is 1.38. The average Bonchev–Trinajstić information content (AvgIpc) is 2.94. The monoisotopic (exact) mass is 597 g/mol. The van der Waals surface area contributed by atoms with Crippen LogP contribution in [0.1, 0.15) is 26.3 Å². The van der Waals surface area contributed by atoms with E-state index in [0.717, 1.165) is 0 Å². The smallest absolute Gasteiger partial charge is 0.345 e. The van der Waals surface area contributed by atoms with Gasteiger partial charge in [-0.3, -0.25) is 9.52 Å². The van der Waals surface area contributed by atoms with Crippen molar-refractivity contribution in [3.05, 3.63) is 118 Å². The molecule has 12 heteroatoms. The second-order valence-electron chi connectivity index (χ2n) is 8.12. The van der Waals surface area contributed by atoms with Crippen LogP contribution < -0.4 is 19.6 Å². The van der Waals surface area contributed by atoms with Crippen molar-refractivity contribution in [2.24, 2.45) is 5.10 Å². The maximum absolute atomic E-state index is 12.5. The van der Waals surface area contributed by atoms with Crippen LogP contribution in [0.5, 0.6) is 11.5 Å². The minimum Gasteiger partial charge on any atom is -0.493 e. The molecule has 4 rings (SSSR count). The van der Waals surface area contributed by atoms with Gasteiger partial charge in [0.1, 0.15) is 0 Å². The lowest BCUT2D eigenvalue weighted by atomic mass is 10.2. The van der Waals surface area contributed by atoms with Crippen LogP contribution in [0.2, 0.25) is 10.0 Å². The Hall–Kier alpha value is -4.38. The summed E-state index contributed by atoms with van der Waals surface area (Å²) in [6.45, 7) is 0. The third-order valence-corrected chi connectivity index (χ3v) is 7.32. The highest BCUT2D eigenvalue weighted by Gasteiger charge is 2.17. The fourth-order valence-corrected chi connectivity index (χ4v) is 4.96. The van der Waals surface area contributed by atoms with Crippen LogP contribution in [0.15, 0.2) is 101 Å². The van der Waals surface area contributed by atoms with Gasteiger partial charge >= 0.3 is 5.97 Å². The molecule has 204 valence electrons. The second-order valence-corrected chi connectivity index (χ2v) is 10.6. The Balaban J connectivity index is 1.37. The standard InChI is InChI=1S/C28H21Cl2N3O6S/c1-38-26-15-18(7-14-25(26)39-28(35)23-13-10-20(29)16-24(23)30)17-31-32-27(34)19-8-11-21(12-9-19)33-40(36,37)22-5-3-2-4-6-22/h2-17,33H,1H3,(H,32,34)/b31-17+. The highest BCUT2D eigenvalue weighted by molar-refractivity contribution is 7.92. The number of anilines is 1. The zero-order valence-corrected chi connectivity index (χ0v) is 23.1. The van der Waals surface area contributed by atoms with Crippen molar-refractivity contribution in [1.82, 2.24) is 5.43 Å². The van der Waals surface area contributed by atoms with Crippen molar-refractivity contribution >= 4 is 57.0 Å². The van der Waals surface area contributed by atoms with Crippen molar-refractivity contribution in [3.63, 3.8) is 0 Å². The molecular formula is C28H21Cl2N3O6S. The SMILES string of the molecule is COc1cc(/C=N/NC(=O)c2ccc(NS(=O)(=O)c3ccccc3)cc2)ccc1OC(=O)c1ccc(Cl)cc1Cl. The van der Waals surface area contributed by atoms with E-state index in [4.69, 9.17) is 32.7 Å². The van der Waals surface area contributed by atoms with Gasteiger partial charge < -0.3 is 9.47 Å². The Bertz CT molecular complexity index is 1680. The molecule has 0 aliphatic rings. The number of benzene rings is 4. The number of amides is 1. The Kier molecular flexibility index (Phi) is 9.05. The zero-order valence-electron chi connectivity index (χ0n) is 20.8. The number of sulfonamides is 1. The topological polar surface area (TPSA) is 123 Å². The van der Waals surface area contributed by atoms with E-state index in [1.54, 1.807) is 30.3 Å². The maximum atomic E-state index is 12.5. The zero-order chi connectivity index (χ0) is 28.7. The van der Waals surface area contributed by atoms with Crippen molar-refractivity contribution < 1.29 is 27.5 Å². The summed E-state index contributed by atoms with van der Waals surface area (Å²) >= 11 is 11.9. The molecule has 0 radical (unpaired) electrons. The molecule has 0 aromatic heterocycles. The van der Waals surface area contributed by atoms with Crippen LogP contribution >= 0.6 is 23.2 Å². The Morgan fingerprint density at radius 3 is 2.27 bits per heavy atom. The lowest BCUT2D eigenvalue weighted by Gasteiger charge is -2.10. The van der Waals surface area contributed by atoms with Gasteiger partial charge in [0.2, 0.25) is 0 Å². The minimum absolute atomic E-state index is 0.125. The van der Waals surface area contributed by atoms with Crippen LogP contribution in [0.25, 0.3) is 0 Å². The van der Waals surface area contributed by atoms with E-state index in [-0.39, 0.29) is 32.5 Å². The molecule has 0 spiro atoms. The molecule has 0 aliphatic heterocycles. The van der Waals surface area contributed by atoms with E-state index in [2.05, 4.69) is 15.2 Å². The summed E-state index contributed by atoms with van der Waals surface area (Å²) in [5.74, 6) is -0.788. The first-order valence-electron chi connectivity index (χ1n) is 11.5. The third-order valence-electron chi connectivity index (χ3n) is 5.37. The van der Waals surface area contributed by atoms with Crippen molar-refractivity contribution in [2.75, 3.05) is 11.8 Å². The minimum atomic E-state index is -3.75. The summed E-state index contributed by atoms with van der Waals surface area (Å²) in [5.41, 5.74) is 3.65. The molecule has 0 saturated heterocycles.